The number of nitrogens with two attached hydrogens (primary N) is 1. The van der Waals surface area contributed by atoms with Crippen LogP contribution in [0.4, 0.5) is 0 Å². The Labute approximate surface area is 161 Å². The molecule has 9 heteroatoms. The Balaban J connectivity index is 0.00000196. The van der Waals surface area contributed by atoms with Crippen LogP contribution < -0.4 is 11.1 Å². The van der Waals surface area contributed by atoms with Gasteiger partial charge in [-0.1, -0.05) is 12.2 Å². The average molecular weight is 397 g/mol. The zero-order valence-corrected chi connectivity index (χ0v) is 15.7. The van der Waals surface area contributed by atoms with Gasteiger partial charge in [-0.3, -0.25) is 19.3 Å². The summed E-state index contributed by atoms with van der Waals surface area (Å²) < 4.78 is 0. The summed E-state index contributed by atoms with van der Waals surface area (Å²) >= 11 is 1.40. The zero-order valence-electron chi connectivity index (χ0n) is 14.1. The van der Waals surface area contributed by atoms with Gasteiger partial charge in [0.1, 0.15) is 5.69 Å². The standard InChI is InChI=1S/C17H20N4O3S.ClH/c18-4-3-12-20-11(8-25-12)15(22)19-5-6-21-16(23)13-9-1-2-10(7-9)14(13)17(21)24;/h1-2,8-10,13-14H,3-7,18H2,(H,19,22);1H. The molecular weight excluding hydrogens is 376 g/mol. The van der Waals surface area contributed by atoms with Gasteiger partial charge in [-0.05, 0) is 24.8 Å². The van der Waals surface area contributed by atoms with Crippen LogP contribution in [-0.4, -0.2) is 47.2 Å². The van der Waals surface area contributed by atoms with Crippen molar-refractivity contribution in [3.63, 3.8) is 0 Å². The van der Waals surface area contributed by atoms with Gasteiger partial charge in [0, 0.05) is 24.9 Å². The van der Waals surface area contributed by atoms with Gasteiger partial charge in [-0.25, -0.2) is 4.98 Å². The summed E-state index contributed by atoms with van der Waals surface area (Å²) in [7, 11) is 0. The Bertz CT molecular complexity index is 735. The topological polar surface area (TPSA) is 105 Å². The van der Waals surface area contributed by atoms with Gasteiger partial charge < -0.3 is 11.1 Å². The van der Waals surface area contributed by atoms with Crippen LogP contribution in [0.2, 0.25) is 0 Å². The molecule has 3 aliphatic rings. The number of allylic oxidation sites excluding steroid dienone is 2. The SMILES string of the molecule is Cl.NCCc1nc(C(=O)NCCN2C(=O)C3C4C=CC(C4)C3C2=O)cs1. The van der Waals surface area contributed by atoms with E-state index in [0.717, 1.165) is 11.4 Å². The van der Waals surface area contributed by atoms with Crippen molar-refractivity contribution in [2.45, 2.75) is 12.8 Å². The number of carbonyl (C=O) groups excluding carboxylic acids is 3. The van der Waals surface area contributed by atoms with E-state index in [4.69, 9.17) is 5.73 Å². The number of nitrogens with zero attached hydrogens (tertiary/aromatic N) is 2. The zero-order chi connectivity index (χ0) is 17.6. The summed E-state index contributed by atoms with van der Waals surface area (Å²) in [6.45, 7) is 0.949. The Morgan fingerprint density at radius 2 is 1.92 bits per heavy atom. The monoisotopic (exact) mass is 396 g/mol. The van der Waals surface area contributed by atoms with Crippen LogP contribution in [0.15, 0.2) is 17.5 Å². The third-order valence-electron chi connectivity index (χ3n) is 5.33. The Morgan fingerprint density at radius 3 is 2.54 bits per heavy atom. The molecule has 7 nitrogen and oxygen atoms in total. The highest BCUT2D eigenvalue weighted by molar-refractivity contribution is 7.09. The van der Waals surface area contributed by atoms with Crippen molar-refractivity contribution in [2.24, 2.45) is 29.4 Å². The smallest absolute Gasteiger partial charge is 0.270 e. The van der Waals surface area contributed by atoms with Crippen molar-refractivity contribution < 1.29 is 14.4 Å². The summed E-state index contributed by atoms with van der Waals surface area (Å²) in [5.74, 6) is -0.407. The number of fused-ring (bicyclic) bond motifs is 5. The molecule has 1 saturated heterocycles. The molecule has 0 spiro atoms. The van der Waals surface area contributed by atoms with Crippen molar-refractivity contribution in [2.75, 3.05) is 19.6 Å². The van der Waals surface area contributed by atoms with Gasteiger partial charge in [0.2, 0.25) is 11.8 Å². The van der Waals surface area contributed by atoms with E-state index in [1.807, 2.05) is 0 Å². The predicted molar refractivity (Wildman–Crippen MR) is 98.9 cm³/mol. The van der Waals surface area contributed by atoms with E-state index in [2.05, 4.69) is 22.5 Å². The second-order valence-electron chi connectivity index (χ2n) is 6.75. The fourth-order valence-corrected chi connectivity index (χ4v) is 5.00. The van der Waals surface area contributed by atoms with Crippen LogP contribution in [-0.2, 0) is 16.0 Å². The number of carbonyl (C=O) groups is 3. The van der Waals surface area contributed by atoms with E-state index in [-0.39, 0.29) is 66.9 Å². The molecule has 1 saturated carbocycles. The van der Waals surface area contributed by atoms with Gasteiger partial charge >= 0.3 is 0 Å². The summed E-state index contributed by atoms with van der Waals surface area (Å²) in [5, 5.41) is 5.26. The number of hydrogen-bond donors (Lipinski definition) is 2. The molecule has 26 heavy (non-hydrogen) atoms. The number of halogens is 1. The number of amides is 3. The molecule has 3 N–H and O–H groups in total. The maximum Gasteiger partial charge on any atom is 0.270 e. The Hall–Kier alpha value is -1.77. The molecule has 2 bridgehead atoms. The maximum atomic E-state index is 12.5. The van der Waals surface area contributed by atoms with Crippen molar-refractivity contribution in [3.8, 4) is 0 Å². The number of imide groups is 1. The van der Waals surface area contributed by atoms with Crippen molar-refractivity contribution >= 4 is 41.5 Å². The molecule has 140 valence electrons. The fraction of sp³-hybridized carbons (Fsp3) is 0.529. The van der Waals surface area contributed by atoms with Crippen molar-refractivity contribution in [3.05, 3.63) is 28.2 Å². The molecule has 2 heterocycles. The molecule has 4 rings (SSSR count). The first kappa shape index (κ1) is 19.0. The molecule has 4 atom stereocenters. The van der Waals surface area contributed by atoms with Crippen LogP contribution in [0.5, 0.6) is 0 Å². The third-order valence-corrected chi connectivity index (χ3v) is 6.23. The summed E-state index contributed by atoms with van der Waals surface area (Å²) in [6.07, 6.45) is 5.72. The number of thiazole rings is 1. The van der Waals surface area contributed by atoms with E-state index >= 15 is 0 Å². The highest BCUT2D eigenvalue weighted by atomic mass is 35.5. The normalized spacial score (nSPS) is 28.4. The molecule has 2 fully saturated rings. The van der Waals surface area contributed by atoms with E-state index in [1.54, 1.807) is 5.38 Å². The number of nitrogens with one attached hydrogen (secondary N) is 1. The molecule has 1 aliphatic heterocycles. The average Bonchev–Trinajstić information content (AvgIpc) is 3.35. The molecular formula is C17H21ClN4O3S. The molecule has 0 aromatic carbocycles. The van der Waals surface area contributed by atoms with E-state index in [9.17, 15) is 14.4 Å². The molecule has 1 aromatic rings. The van der Waals surface area contributed by atoms with Crippen LogP contribution in [0.25, 0.3) is 0 Å². The number of hydrogen-bond acceptors (Lipinski definition) is 6. The fourth-order valence-electron chi connectivity index (χ4n) is 4.21. The van der Waals surface area contributed by atoms with Crippen molar-refractivity contribution in [1.29, 1.82) is 0 Å². The lowest BCUT2D eigenvalue weighted by molar-refractivity contribution is -0.140. The maximum absolute atomic E-state index is 12.5. The van der Waals surface area contributed by atoms with Crippen LogP contribution >= 0.6 is 23.7 Å². The molecule has 2 aliphatic carbocycles. The Kier molecular flexibility index (Phi) is 5.45. The minimum Gasteiger partial charge on any atom is -0.349 e. The molecule has 3 amide bonds. The molecule has 4 unspecified atom stereocenters. The van der Waals surface area contributed by atoms with Gasteiger partial charge in [0.15, 0.2) is 0 Å². The first-order valence-corrected chi connectivity index (χ1v) is 9.44. The first-order valence-electron chi connectivity index (χ1n) is 8.56. The number of rotatable bonds is 6. The van der Waals surface area contributed by atoms with Gasteiger partial charge in [-0.2, -0.15) is 0 Å². The van der Waals surface area contributed by atoms with Gasteiger partial charge in [0.25, 0.3) is 5.91 Å². The quantitative estimate of drug-likeness (QED) is 0.541. The number of likely N-dealkylation sites (tertiary alicyclic amines) is 1. The second-order valence-corrected chi connectivity index (χ2v) is 7.69. The minimum absolute atomic E-state index is 0. The third kappa shape index (κ3) is 3.06. The highest BCUT2D eigenvalue weighted by Gasteiger charge is 2.58. The lowest BCUT2D eigenvalue weighted by Gasteiger charge is -2.17. The van der Waals surface area contributed by atoms with Gasteiger partial charge in [-0.15, -0.1) is 23.7 Å². The van der Waals surface area contributed by atoms with Crippen LogP contribution in [0.1, 0.15) is 21.9 Å². The van der Waals surface area contributed by atoms with Crippen molar-refractivity contribution in [1.82, 2.24) is 15.2 Å². The highest BCUT2D eigenvalue weighted by Crippen LogP contribution is 2.52. The second kappa shape index (κ2) is 7.46. The number of aromatic nitrogens is 1. The Morgan fingerprint density at radius 1 is 1.27 bits per heavy atom. The lowest BCUT2D eigenvalue weighted by atomic mass is 9.85. The molecule has 1 aromatic heterocycles. The molecule has 0 radical (unpaired) electrons. The van der Waals surface area contributed by atoms with E-state index < -0.39 is 0 Å². The van der Waals surface area contributed by atoms with Crippen LogP contribution in [0.3, 0.4) is 0 Å². The van der Waals surface area contributed by atoms with Gasteiger partial charge in [0.05, 0.1) is 16.8 Å². The minimum atomic E-state index is -0.291. The largest absolute Gasteiger partial charge is 0.349 e. The predicted octanol–water partition coefficient (Wildman–Crippen LogP) is 0.603. The lowest BCUT2D eigenvalue weighted by Crippen LogP contribution is -2.39. The van der Waals surface area contributed by atoms with E-state index in [1.165, 1.54) is 16.2 Å². The first-order chi connectivity index (χ1) is 12.1. The summed E-state index contributed by atoms with van der Waals surface area (Å²) in [4.78, 5) is 42.7. The van der Waals surface area contributed by atoms with E-state index in [0.29, 0.717) is 18.7 Å². The van der Waals surface area contributed by atoms with Crippen LogP contribution in [0, 0.1) is 23.7 Å². The summed E-state index contributed by atoms with van der Waals surface area (Å²) in [5.41, 5.74) is 5.83. The summed E-state index contributed by atoms with van der Waals surface area (Å²) in [6, 6.07) is 0.